The first kappa shape index (κ1) is 22.6. The van der Waals surface area contributed by atoms with Crippen LogP contribution in [0, 0.1) is 0 Å². The van der Waals surface area contributed by atoms with E-state index in [9.17, 15) is 19.2 Å². The second-order valence-corrected chi connectivity index (χ2v) is 5.59. The molecule has 0 aromatic rings. The summed E-state index contributed by atoms with van der Waals surface area (Å²) in [7, 11) is 2.46. The lowest BCUT2D eigenvalue weighted by atomic mass is 10.1. The Morgan fingerprint density at radius 1 is 0.792 bits per heavy atom. The van der Waals surface area contributed by atoms with E-state index >= 15 is 0 Å². The van der Waals surface area contributed by atoms with Crippen molar-refractivity contribution >= 4 is 49.0 Å². The van der Waals surface area contributed by atoms with Gasteiger partial charge in [0.25, 0.3) is 0 Å². The summed E-state index contributed by atoms with van der Waals surface area (Å²) < 4.78 is 9.08. The second kappa shape index (κ2) is 12.9. The van der Waals surface area contributed by atoms with Gasteiger partial charge in [-0.3, -0.25) is 9.59 Å². The van der Waals surface area contributed by atoms with Crippen LogP contribution < -0.4 is 10.6 Å². The molecule has 2 atom stereocenters. The van der Waals surface area contributed by atoms with Crippen molar-refractivity contribution in [3.63, 3.8) is 0 Å². The molecular formula is C14H24N2O6S2. The minimum absolute atomic E-state index is 0.138. The molecule has 0 heterocycles. The van der Waals surface area contributed by atoms with Gasteiger partial charge in [0, 0.05) is 24.3 Å². The molecule has 0 unspecified atom stereocenters. The fourth-order valence-corrected chi connectivity index (χ4v) is 2.23. The number of carbonyl (C=O) groups is 4. The quantitative estimate of drug-likeness (QED) is 0.223. The Balaban J connectivity index is 4.03. The molecule has 24 heavy (non-hydrogen) atoms. The minimum atomic E-state index is -0.787. The highest BCUT2D eigenvalue weighted by Crippen LogP contribution is 2.02. The lowest BCUT2D eigenvalue weighted by molar-refractivity contribution is -0.144. The zero-order chi connectivity index (χ0) is 18.5. The zero-order valence-electron chi connectivity index (χ0n) is 13.7. The summed E-state index contributed by atoms with van der Waals surface area (Å²) in [5.41, 5.74) is 0. The standard InChI is InChI=1S/C14H24N2O6S2/c1-21-13(19)9(7-23)15-11(17)5-3-4-6-12(18)16-10(8-24)14(20)22-2/h9-10,23-24H,3-8H2,1-2H3,(H,15,17)(H,16,18)/t9-,10-/m0/s1. The van der Waals surface area contributed by atoms with Crippen LogP contribution in [0.3, 0.4) is 0 Å². The number of esters is 2. The van der Waals surface area contributed by atoms with Gasteiger partial charge >= 0.3 is 11.9 Å². The van der Waals surface area contributed by atoms with Crippen LogP contribution in [0.4, 0.5) is 0 Å². The van der Waals surface area contributed by atoms with Crippen LogP contribution in [0.2, 0.25) is 0 Å². The Morgan fingerprint density at radius 2 is 1.12 bits per heavy atom. The molecule has 0 aliphatic carbocycles. The van der Waals surface area contributed by atoms with Crippen LogP contribution in [-0.4, -0.2) is 61.6 Å². The van der Waals surface area contributed by atoms with E-state index in [2.05, 4.69) is 45.4 Å². The van der Waals surface area contributed by atoms with Crippen molar-refractivity contribution in [1.82, 2.24) is 10.6 Å². The van der Waals surface area contributed by atoms with Crippen molar-refractivity contribution in [1.29, 1.82) is 0 Å². The molecule has 0 aromatic heterocycles. The van der Waals surface area contributed by atoms with E-state index in [1.807, 2.05) is 0 Å². The number of nitrogens with one attached hydrogen (secondary N) is 2. The van der Waals surface area contributed by atoms with Crippen molar-refractivity contribution < 1.29 is 28.7 Å². The Bertz CT molecular complexity index is 407. The normalized spacial score (nSPS) is 12.7. The summed E-state index contributed by atoms with van der Waals surface area (Å²) in [6, 6.07) is -1.57. The fraction of sp³-hybridized carbons (Fsp3) is 0.714. The molecule has 0 radical (unpaired) electrons. The van der Waals surface area contributed by atoms with Gasteiger partial charge in [-0.15, -0.1) is 0 Å². The van der Waals surface area contributed by atoms with Gasteiger partial charge in [-0.25, -0.2) is 9.59 Å². The van der Waals surface area contributed by atoms with E-state index in [4.69, 9.17) is 0 Å². The smallest absolute Gasteiger partial charge is 0.329 e. The molecule has 0 bridgehead atoms. The number of hydrogen-bond donors (Lipinski definition) is 4. The summed E-state index contributed by atoms with van der Waals surface area (Å²) in [5.74, 6) is -1.47. The predicted molar refractivity (Wildman–Crippen MR) is 94.1 cm³/mol. The summed E-state index contributed by atoms with van der Waals surface area (Å²) in [4.78, 5) is 46.1. The first-order valence-electron chi connectivity index (χ1n) is 7.35. The maximum absolute atomic E-state index is 11.7. The highest BCUT2D eigenvalue weighted by atomic mass is 32.1. The van der Waals surface area contributed by atoms with Crippen LogP contribution in [0.5, 0.6) is 0 Å². The topological polar surface area (TPSA) is 111 Å². The molecule has 0 spiro atoms. The largest absolute Gasteiger partial charge is 0.467 e. The van der Waals surface area contributed by atoms with Crippen molar-refractivity contribution in [3.8, 4) is 0 Å². The number of amides is 2. The van der Waals surface area contributed by atoms with Crippen molar-refractivity contribution in [3.05, 3.63) is 0 Å². The maximum Gasteiger partial charge on any atom is 0.329 e. The van der Waals surface area contributed by atoms with Gasteiger partial charge in [0.1, 0.15) is 12.1 Å². The first-order chi connectivity index (χ1) is 11.4. The fourth-order valence-electron chi connectivity index (χ4n) is 1.75. The number of rotatable bonds is 11. The molecule has 0 rings (SSSR count). The van der Waals surface area contributed by atoms with E-state index in [-0.39, 0.29) is 36.2 Å². The van der Waals surface area contributed by atoms with Crippen LogP contribution in [-0.2, 0) is 28.7 Å². The molecule has 8 nitrogen and oxygen atoms in total. The monoisotopic (exact) mass is 380 g/mol. The summed E-state index contributed by atoms with van der Waals surface area (Å²) in [6.45, 7) is 0. The molecule has 0 aliphatic rings. The van der Waals surface area contributed by atoms with Gasteiger partial charge in [0.05, 0.1) is 14.2 Å². The maximum atomic E-state index is 11.7. The number of hydrogen-bond acceptors (Lipinski definition) is 8. The number of ether oxygens (including phenoxy) is 2. The highest BCUT2D eigenvalue weighted by Gasteiger charge is 2.20. The molecule has 2 amide bonds. The first-order valence-corrected chi connectivity index (χ1v) is 8.62. The summed E-state index contributed by atoms with van der Waals surface area (Å²) >= 11 is 7.95. The highest BCUT2D eigenvalue weighted by molar-refractivity contribution is 7.80. The molecule has 10 heteroatoms. The minimum Gasteiger partial charge on any atom is -0.467 e. The van der Waals surface area contributed by atoms with E-state index in [1.54, 1.807) is 0 Å². The van der Waals surface area contributed by atoms with Gasteiger partial charge in [-0.05, 0) is 12.8 Å². The van der Waals surface area contributed by atoms with Gasteiger partial charge in [-0.2, -0.15) is 25.3 Å². The van der Waals surface area contributed by atoms with Crippen molar-refractivity contribution in [2.45, 2.75) is 37.8 Å². The Hall–Kier alpha value is -1.42. The number of unbranched alkanes of at least 4 members (excludes halogenated alkanes) is 1. The van der Waals surface area contributed by atoms with Gasteiger partial charge in [0.2, 0.25) is 11.8 Å². The van der Waals surface area contributed by atoms with Crippen LogP contribution in [0.15, 0.2) is 0 Å². The van der Waals surface area contributed by atoms with Gasteiger partial charge < -0.3 is 20.1 Å². The molecule has 2 N–H and O–H groups in total. The molecule has 138 valence electrons. The SMILES string of the molecule is COC(=O)[C@H](CS)NC(=O)CCCCC(=O)N[C@@H](CS)C(=O)OC. The summed E-state index contributed by atoms with van der Waals surface area (Å²) in [6.07, 6.45) is 1.26. The van der Waals surface area contributed by atoms with Gasteiger partial charge in [0.15, 0.2) is 0 Å². The third-order valence-corrected chi connectivity index (χ3v) is 3.79. The van der Waals surface area contributed by atoms with Gasteiger partial charge in [-0.1, -0.05) is 0 Å². The average Bonchev–Trinajstić information content (AvgIpc) is 2.59. The molecule has 0 aromatic carbocycles. The van der Waals surface area contributed by atoms with E-state index in [1.165, 1.54) is 14.2 Å². The van der Waals surface area contributed by atoms with Crippen molar-refractivity contribution in [2.75, 3.05) is 25.7 Å². The number of carbonyl (C=O) groups excluding carboxylic acids is 4. The molecule has 0 aliphatic heterocycles. The Labute approximate surface area is 152 Å². The molecule has 0 fully saturated rings. The lowest BCUT2D eigenvalue weighted by Gasteiger charge is -2.14. The van der Waals surface area contributed by atoms with E-state index in [0.29, 0.717) is 12.8 Å². The van der Waals surface area contributed by atoms with E-state index < -0.39 is 24.0 Å². The Kier molecular flexibility index (Phi) is 12.2. The summed E-state index contributed by atoms with van der Waals surface area (Å²) in [5, 5.41) is 5.02. The van der Waals surface area contributed by atoms with E-state index in [0.717, 1.165) is 0 Å². The van der Waals surface area contributed by atoms with Crippen molar-refractivity contribution in [2.24, 2.45) is 0 Å². The molecule has 0 saturated carbocycles. The van der Waals surface area contributed by atoms with Crippen LogP contribution in [0.25, 0.3) is 0 Å². The lowest BCUT2D eigenvalue weighted by Crippen LogP contribution is -2.43. The van der Waals surface area contributed by atoms with Crippen LogP contribution in [0.1, 0.15) is 25.7 Å². The average molecular weight is 380 g/mol. The third kappa shape index (κ3) is 9.02. The zero-order valence-corrected chi connectivity index (χ0v) is 15.5. The van der Waals surface area contributed by atoms with Crippen LogP contribution >= 0.6 is 25.3 Å². The second-order valence-electron chi connectivity index (χ2n) is 4.86. The molecular weight excluding hydrogens is 356 g/mol. The third-order valence-electron chi connectivity index (χ3n) is 3.06. The predicted octanol–water partition coefficient (Wildman–Crippen LogP) is -0.278. The number of thiol groups is 2. The molecule has 0 saturated heterocycles. The number of methoxy groups -OCH3 is 2. The Morgan fingerprint density at radius 3 is 1.38 bits per heavy atom.